The van der Waals surface area contributed by atoms with Crippen LogP contribution in [0, 0.1) is 6.92 Å². The van der Waals surface area contributed by atoms with Gasteiger partial charge in [-0.15, -0.1) is 10.2 Å². The Morgan fingerprint density at radius 2 is 1.90 bits per heavy atom. The van der Waals surface area contributed by atoms with Gasteiger partial charge < -0.3 is 8.83 Å². The Labute approximate surface area is 135 Å². The van der Waals surface area contributed by atoms with Crippen LogP contribution in [0.25, 0.3) is 11.5 Å². The third-order valence-corrected chi connectivity index (χ3v) is 4.45. The minimum absolute atomic E-state index is 0.439. The average molecular weight is 341 g/mol. The zero-order valence-electron chi connectivity index (χ0n) is 11.0. The zero-order valence-corrected chi connectivity index (χ0v) is 13.3. The zero-order chi connectivity index (χ0) is 14.8. The Kier molecular flexibility index (Phi) is 4.24. The van der Waals surface area contributed by atoms with Crippen molar-refractivity contribution >= 4 is 35.0 Å². The summed E-state index contributed by atoms with van der Waals surface area (Å²) >= 11 is 13.6. The molecule has 7 heteroatoms. The Bertz CT molecular complexity index is 750. The maximum absolute atomic E-state index is 6.13. The molecule has 0 saturated heterocycles. The van der Waals surface area contributed by atoms with E-state index < -0.39 is 0 Å². The molecule has 108 valence electrons. The molecule has 0 atom stereocenters. The molecule has 2 aromatic heterocycles. The van der Waals surface area contributed by atoms with Gasteiger partial charge in [0.2, 0.25) is 0 Å². The van der Waals surface area contributed by atoms with Gasteiger partial charge in [-0.25, -0.2) is 0 Å². The summed E-state index contributed by atoms with van der Waals surface area (Å²) < 4.78 is 10.8. The number of rotatable bonds is 4. The highest BCUT2D eigenvalue weighted by Gasteiger charge is 2.14. The molecule has 3 rings (SSSR count). The number of furan rings is 1. The third kappa shape index (κ3) is 3.10. The summed E-state index contributed by atoms with van der Waals surface area (Å²) in [5.74, 6) is 1.74. The van der Waals surface area contributed by atoms with E-state index in [0.29, 0.717) is 26.9 Å². The van der Waals surface area contributed by atoms with E-state index in [4.69, 9.17) is 32.0 Å². The quantitative estimate of drug-likeness (QED) is 0.608. The summed E-state index contributed by atoms with van der Waals surface area (Å²) in [6.07, 6.45) is 1.59. The molecule has 3 aromatic rings. The molecule has 0 N–H and O–H groups in total. The average Bonchev–Trinajstić information content (AvgIpc) is 3.07. The van der Waals surface area contributed by atoms with Crippen molar-refractivity contribution in [1.29, 1.82) is 0 Å². The maximum atomic E-state index is 6.13. The molecule has 0 aliphatic heterocycles. The van der Waals surface area contributed by atoms with Crippen molar-refractivity contribution in [3.05, 3.63) is 51.9 Å². The monoisotopic (exact) mass is 340 g/mol. The second-order valence-corrected chi connectivity index (χ2v) is 5.99. The van der Waals surface area contributed by atoms with Crippen molar-refractivity contribution in [3.8, 4) is 11.5 Å². The van der Waals surface area contributed by atoms with E-state index in [2.05, 4.69) is 10.2 Å². The van der Waals surface area contributed by atoms with Gasteiger partial charge in [-0.1, -0.05) is 41.0 Å². The highest BCUT2D eigenvalue weighted by molar-refractivity contribution is 7.98. The van der Waals surface area contributed by atoms with Gasteiger partial charge in [0.1, 0.15) is 5.76 Å². The molecule has 0 aliphatic rings. The van der Waals surface area contributed by atoms with Gasteiger partial charge >= 0.3 is 0 Å². The van der Waals surface area contributed by atoms with Gasteiger partial charge in [0.25, 0.3) is 11.1 Å². The van der Waals surface area contributed by atoms with Crippen LogP contribution >= 0.6 is 35.0 Å². The second-order valence-electron chi connectivity index (χ2n) is 4.25. The number of hydrogen-bond donors (Lipinski definition) is 0. The summed E-state index contributed by atoms with van der Waals surface area (Å²) in [6, 6.07) is 7.21. The Hall–Kier alpha value is -1.43. The van der Waals surface area contributed by atoms with E-state index in [9.17, 15) is 0 Å². The van der Waals surface area contributed by atoms with Gasteiger partial charge in [-0.3, -0.25) is 0 Å². The van der Waals surface area contributed by atoms with Crippen LogP contribution in [-0.2, 0) is 5.75 Å². The van der Waals surface area contributed by atoms with Gasteiger partial charge in [-0.2, -0.15) is 0 Å². The van der Waals surface area contributed by atoms with E-state index in [1.165, 1.54) is 11.8 Å². The van der Waals surface area contributed by atoms with Crippen LogP contribution in [0.5, 0.6) is 0 Å². The molecular formula is C14H10Cl2N2O2S. The molecular weight excluding hydrogens is 331 g/mol. The van der Waals surface area contributed by atoms with Crippen molar-refractivity contribution in [2.24, 2.45) is 0 Å². The first-order valence-electron chi connectivity index (χ1n) is 6.09. The summed E-state index contributed by atoms with van der Waals surface area (Å²) in [5, 5.41) is 9.73. The largest absolute Gasteiger partial charge is 0.469 e. The topological polar surface area (TPSA) is 52.1 Å². The van der Waals surface area contributed by atoms with Crippen LogP contribution in [0.15, 0.2) is 44.6 Å². The van der Waals surface area contributed by atoms with Crippen molar-refractivity contribution in [2.75, 3.05) is 0 Å². The molecule has 2 heterocycles. The molecule has 0 unspecified atom stereocenters. The van der Waals surface area contributed by atoms with Crippen molar-refractivity contribution in [2.45, 2.75) is 17.9 Å². The first-order chi connectivity index (χ1) is 10.1. The lowest BCUT2D eigenvalue weighted by Gasteiger charge is -2.04. The van der Waals surface area contributed by atoms with Crippen molar-refractivity contribution in [1.82, 2.24) is 10.2 Å². The first kappa shape index (κ1) is 14.5. The summed E-state index contributed by atoms with van der Waals surface area (Å²) in [5.41, 5.74) is 1.65. The van der Waals surface area contributed by atoms with Crippen LogP contribution in [-0.4, -0.2) is 10.2 Å². The normalized spacial score (nSPS) is 11.0. The number of hydrogen-bond acceptors (Lipinski definition) is 5. The van der Waals surface area contributed by atoms with E-state index in [0.717, 1.165) is 16.9 Å². The number of aryl methyl sites for hydroxylation is 1. The Morgan fingerprint density at radius 1 is 1.14 bits per heavy atom. The SMILES string of the molecule is Cc1occc1-c1nnc(SCc2c(Cl)cccc2Cl)o1. The number of nitrogens with zero attached hydrogens (tertiary/aromatic N) is 2. The fraction of sp³-hybridized carbons (Fsp3) is 0.143. The standard InChI is InChI=1S/C14H10Cl2N2O2S/c1-8-9(5-6-19-8)13-17-18-14(20-13)21-7-10-11(15)3-2-4-12(10)16/h2-6H,7H2,1H3. The fourth-order valence-electron chi connectivity index (χ4n) is 1.79. The van der Waals surface area contributed by atoms with Crippen molar-refractivity contribution in [3.63, 3.8) is 0 Å². The highest BCUT2D eigenvalue weighted by Crippen LogP contribution is 2.32. The van der Waals surface area contributed by atoms with Crippen LogP contribution in [0.1, 0.15) is 11.3 Å². The fourth-order valence-corrected chi connectivity index (χ4v) is 3.29. The lowest BCUT2D eigenvalue weighted by atomic mass is 10.2. The summed E-state index contributed by atoms with van der Waals surface area (Å²) in [7, 11) is 0. The van der Waals surface area contributed by atoms with Crippen LogP contribution in [0.4, 0.5) is 0 Å². The predicted molar refractivity (Wildman–Crippen MR) is 82.8 cm³/mol. The minimum atomic E-state index is 0.439. The molecule has 0 amide bonds. The van der Waals surface area contributed by atoms with E-state index in [1.54, 1.807) is 24.5 Å². The lowest BCUT2D eigenvalue weighted by molar-refractivity contribution is 0.463. The summed E-state index contributed by atoms with van der Waals surface area (Å²) in [6.45, 7) is 1.84. The van der Waals surface area contributed by atoms with Gasteiger partial charge in [0.15, 0.2) is 0 Å². The predicted octanol–water partition coefficient (Wildman–Crippen LogP) is 5.24. The van der Waals surface area contributed by atoms with E-state index in [-0.39, 0.29) is 0 Å². The Morgan fingerprint density at radius 3 is 2.57 bits per heavy atom. The molecule has 0 bridgehead atoms. The molecule has 0 aliphatic carbocycles. The summed E-state index contributed by atoms with van der Waals surface area (Å²) in [4.78, 5) is 0. The highest BCUT2D eigenvalue weighted by atomic mass is 35.5. The first-order valence-corrected chi connectivity index (χ1v) is 7.83. The lowest BCUT2D eigenvalue weighted by Crippen LogP contribution is -1.84. The molecule has 0 saturated carbocycles. The van der Waals surface area contributed by atoms with E-state index >= 15 is 0 Å². The van der Waals surface area contributed by atoms with Gasteiger partial charge in [0.05, 0.1) is 11.8 Å². The second kappa shape index (κ2) is 6.13. The number of benzene rings is 1. The number of thioether (sulfide) groups is 1. The van der Waals surface area contributed by atoms with Crippen molar-refractivity contribution < 1.29 is 8.83 Å². The molecule has 4 nitrogen and oxygen atoms in total. The van der Waals surface area contributed by atoms with Crippen LogP contribution < -0.4 is 0 Å². The van der Waals surface area contributed by atoms with Crippen LogP contribution in [0.3, 0.4) is 0 Å². The molecule has 0 fully saturated rings. The van der Waals surface area contributed by atoms with Gasteiger partial charge in [0, 0.05) is 15.8 Å². The Balaban J connectivity index is 1.75. The van der Waals surface area contributed by atoms with Gasteiger partial charge in [-0.05, 0) is 30.7 Å². The van der Waals surface area contributed by atoms with Crippen LogP contribution in [0.2, 0.25) is 10.0 Å². The molecule has 0 spiro atoms. The molecule has 21 heavy (non-hydrogen) atoms. The van der Waals surface area contributed by atoms with E-state index in [1.807, 2.05) is 13.0 Å². The number of halogens is 2. The smallest absolute Gasteiger partial charge is 0.277 e. The maximum Gasteiger partial charge on any atom is 0.277 e. The molecule has 1 aromatic carbocycles. The third-order valence-electron chi connectivity index (χ3n) is 2.90. The number of aromatic nitrogens is 2. The molecule has 0 radical (unpaired) electrons. The minimum Gasteiger partial charge on any atom is -0.469 e.